The van der Waals surface area contributed by atoms with E-state index >= 15 is 0 Å². The molecule has 0 bridgehead atoms. The van der Waals surface area contributed by atoms with Gasteiger partial charge >= 0.3 is 306 Å². The minimum atomic E-state index is -1.93. The molecule has 6 rings (SSSR count). The molecule has 2 aliphatic rings. The van der Waals surface area contributed by atoms with Gasteiger partial charge in [-0.05, 0) is 0 Å². The number of benzene rings is 4. The van der Waals surface area contributed by atoms with E-state index < -0.39 is 17.4 Å². The van der Waals surface area contributed by atoms with Crippen molar-refractivity contribution in [3.63, 3.8) is 0 Å². The average Bonchev–Trinajstić information content (AvgIpc) is 3.64. The van der Waals surface area contributed by atoms with Crippen LogP contribution in [-0.2, 0) is 28.2 Å². The molecule has 0 amide bonds. The van der Waals surface area contributed by atoms with Crippen molar-refractivity contribution in [3.05, 3.63) is 129 Å². The molecule has 2 unspecified atom stereocenters. The van der Waals surface area contributed by atoms with Crippen molar-refractivity contribution in [1.82, 2.24) is 0 Å². The molecule has 2 aliphatic carbocycles. The van der Waals surface area contributed by atoms with Crippen LogP contribution in [0.1, 0.15) is 143 Å². The van der Waals surface area contributed by atoms with Crippen molar-refractivity contribution in [2.24, 2.45) is 0 Å². The van der Waals surface area contributed by atoms with Crippen LogP contribution >= 0.6 is 0 Å². The first-order chi connectivity index (χ1) is 23.5. The van der Waals surface area contributed by atoms with Crippen LogP contribution in [-0.4, -0.2) is 4.31 Å². The van der Waals surface area contributed by atoms with E-state index in [0.717, 1.165) is 0 Å². The molecule has 3 heteroatoms. The summed E-state index contributed by atoms with van der Waals surface area (Å²) >= 11 is -1.93. The molecule has 51 heavy (non-hydrogen) atoms. The standard InChI is InChI=1S/2C23H27.C2H4.2ClH.Ti/c2*1-5-6-8-17-15-19-9-7-10-21(22(19)16-17)18-11-13-20(14-12-18)23(2,3)4;1-2;;;/h2*7,9-16H,5-6,8H2,1-4H3;1H,2H3;2*1H;/q;;;;;+2/p-2. The normalized spacial score (nSPS) is 16.2. The largest absolute Gasteiger partial charge is 1.00 e. The number of hydrogen-bond donors (Lipinski definition) is 0. The third-order valence-electron chi connectivity index (χ3n) is 11.1. The Bertz CT molecular complexity index is 1760. The molecular weight excluding hydrogens is 695 g/mol. The number of halogens is 2. The van der Waals surface area contributed by atoms with Crippen molar-refractivity contribution in [2.75, 3.05) is 0 Å². The predicted molar refractivity (Wildman–Crippen MR) is 213 cm³/mol. The summed E-state index contributed by atoms with van der Waals surface area (Å²) in [5, 5.41) is 0. The van der Waals surface area contributed by atoms with Crippen molar-refractivity contribution >= 4 is 16.5 Å². The van der Waals surface area contributed by atoms with Crippen LogP contribution < -0.4 is 24.8 Å². The summed E-state index contributed by atoms with van der Waals surface area (Å²) in [5.41, 5.74) is 18.1. The summed E-state index contributed by atoms with van der Waals surface area (Å²) in [7, 11) is 0. The van der Waals surface area contributed by atoms with Crippen molar-refractivity contribution in [3.8, 4) is 22.3 Å². The molecule has 4 aromatic carbocycles. The fourth-order valence-electron chi connectivity index (χ4n) is 8.21. The first-order valence-electron chi connectivity index (χ1n) is 19.0. The van der Waals surface area contributed by atoms with Gasteiger partial charge in [0.2, 0.25) is 0 Å². The van der Waals surface area contributed by atoms with Crippen LogP contribution in [0.3, 0.4) is 0 Å². The summed E-state index contributed by atoms with van der Waals surface area (Å²) in [6.45, 7) is 20.9. The fourth-order valence-corrected chi connectivity index (χ4v) is 13.7. The van der Waals surface area contributed by atoms with Gasteiger partial charge in [0.25, 0.3) is 0 Å². The first kappa shape index (κ1) is 41.3. The maximum atomic E-state index is 2.73. The summed E-state index contributed by atoms with van der Waals surface area (Å²) in [6.07, 6.45) is 12.7. The molecule has 2 atom stereocenters. The van der Waals surface area contributed by atoms with Gasteiger partial charge in [-0.15, -0.1) is 0 Å². The molecule has 0 saturated heterocycles. The van der Waals surface area contributed by atoms with Gasteiger partial charge in [0.1, 0.15) is 0 Å². The molecule has 0 spiro atoms. The van der Waals surface area contributed by atoms with Gasteiger partial charge in [-0.25, -0.2) is 0 Å². The topological polar surface area (TPSA) is 0 Å². The van der Waals surface area contributed by atoms with E-state index in [0.29, 0.717) is 8.45 Å². The summed E-state index contributed by atoms with van der Waals surface area (Å²) in [5.74, 6) is 0. The van der Waals surface area contributed by atoms with Crippen molar-refractivity contribution in [2.45, 2.75) is 120 Å². The third kappa shape index (κ3) is 8.52. The van der Waals surface area contributed by atoms with Crippen LogP contribution in [0.5, 0.6) is 0 Å². The Hall–Kier alpha value is -2.48. The monoisotopic (exact) mass is 752 g/mol. The Kier molecular flexibility index (Phi) is 13.9. The Labute approximate surface area is 328 Å². The van der Waals surface area contributed by atoms with Gasteiger partial charge in [-0.3, -0.25) is 0 Å². The van der Waals surface area contributed by atoms with Crippen molar-refractivity contribution < 1.29 is 42.2 Å². The zero-order chi connectivity index (χ0) is 34.9. The molecule has 0 N–H and O–H groups in total. The van der Waals surface area contributed by atoms with E-state index in [1.54, 1.807) is 22.3 Å². The number of allylic oxidation sites excluding steroid dienone is 2. The second kappa shape index (κ2) is 17.1. The molecule has 0 radical (unpaired) electrons. The molecule has 0 aliphatic heterocycles. The molecule has 0 heterocycles. The van der Waals surface area contributed by atoms with E-state index in [1.165, 1.54) is 83.0 Å². The Balaban J connectivity index is 0.00000292. The molecule has 268 valence electrons. The van der Waals surface area contributed by atoms with Crippen molar-refractivity contribution in [1.29, 1.82) is 0 Å². The Morgan fingerprint density at radius 2 is 0.922 bits per heavy atom. The van der Waals surface area contributed by atoms with Gasteiger partial charge < -0.3 is 24.8 Å². The van der Waals surface area contributed by atoms with Gasteiger partial charge in [0.05, 0.1) is 0 Å². The zero-order valence-corrected chi connectivity index (χ0v) is 35.5. The number of hydrogen-bond acceptors (Lipinski definition) is 0. The molecule has 0 fully saturated rings. The van der Waals surface area contributed by atoms with E-state index in [9.17, 15) is 0 Å². The fraction of sp³-hybridized carbons (Fsp3) is 0.396. The van der Waals surface area contributed by atoms with Gasteiger partial charge in [-0.2, -0.15) is 0 Å². The van der Waals surface area contributed by atoms with Crippen LogP contribution in [0.2, 0.25) is 0 Å². The smallest absolute Gasteiger partial charge is 1.00 e. The quantitative estimate of drug-likeness (QED) is 0.144. The molecule has 0 saturated carbocycles. The zero-order valence-electron chi connectivity index (χ0n) is 32.5. The van der Waals surface area contributed by atoms with Gasteiger partial charge in [0.15, 0.2) is 0 Å². The summed E-state index contributed by atoms with van der Waals surface area (Å²) < 4.78 is 3.83. The Morgan fingerprint density at radius 3 is 1.24 bits per heavy atom. The SMILES string of the molecule is C[CH]=[Ti+2]([CH]1C(CCCC)=Cc2c(-c3ccc(C(C)(C)C)cc3)cccc21)[CH]1C(CCCC)=Cc2c(-c3ccc(C(C)(C)C)cc3)cccc21.[Cl-].[Cl-]. The van der Waals surface area contributed by atoms with Gasteiger partial charge in [0, 0.05) is 0 Å². The summed E-state index contributed by atoms with van der Waals surface area (Å²) in [6, 6.07) is 33.2. The maximum Gasteiger partial charge on any atom is -1.00 e. The Morgan fingerprint density at radius 1 is 0.549 bits per heavy atom. The first-order valence-corrected chi connectivity index (χ1v) is 21.7. The second-order valence-corrected chi connectivity index (χ2v) is 20.8. The second-order valence-electron chi connectivity index (χ2n) is 16.6. The van der Waals surface area contributed by atoms with E-state index in [2.05, 4.69) is 164 Å². The van der Waals surface area contributed by atoms with Crippen LogP contribution in [0.25, 0.3) is 34.4 Å². The predicted octanol–water partition coefficient (Wildman–Crippen LogP) is 8.02. The van der Waals surface area contributed by atoms with Crippen LogP contribution in [0.15, 0.2) is 96.1 Å². The van der Waals surface area contributed by atoms with Crippen LogP contribution in [0, 0.1) is 0 Å². The number of fused-ring (bicyclic) bond motifs is 2. The van der Waals surface area contributed by atoms with Crippen LogP contribution in [0.4, 0.5) is 0 Å². The molecule has 4 aromatic rings. The van der Waals surface area contributed by atoms with E-state index in [-0.39, 0.29) is 35.6 Å². The van der Waals surface area contributed by atoms with E-state index in [4.69, 9.17) is 0 Å². The summed E-state index contributed by atoms with van der Waals surface area (Å²) in [4.78, 5) is 0. The third-order valence-corrected chi connectivity index (χ3v) is 16.3. The van der Waals surface area contributed by atoms with Gasteiger partial charge in [-0.1, -0.05) is 0 Å². The minimum Gasteiger partial charge on any atom is -1.00 e. The average molecular weight is 754 g/mol. The maximum absolute atomic E-state index is 2.73. The molecule has 0 nitrogen and oxygen atoms in total. The molecule has 0 aromatic heterocycles. The van der Waals surface area contributed by atoms with E-state index in [1.807, 2.05) is 0 Å². The number of unbranched alkanes of at least 4 members (excludes halogenated alkanes) is 2. The number of rotatable bonds is 10. The molecular formula is C48H58Cl2Ti. The minimum absolute atomic E-state index is 0.